The summed E-state index contributed by atoms with van der Waals surface area (Å²) >= 11 is 1.27. The van der Waals surface area contributed by atoms with Crippen LogP contribution >= 0.6 is 11.8 Å². The number of hydrogen-bond donors (Lipinski definition) is 2. The first-order valence-electron chi connectivity index (χ1n) is 7.12. The quantitative estimate of drug-likeness (QED) is 0.805. The van der Waals surface area contributed by atoms with E-state index in [0.717, 1.165) is 0 Å². The first-order valence-corrected chi connectivity index (χ1v) is 8.00. The number of carboxylic acids is 1. The Morgan fingerprint density at radius 3 is 2.74 bits per heavy atom. The van der Waals surface area contributed by atoms with Crippen LogP contribution in [-0.4, -0.2) is 43.6 Å². The number of amides is 1. The van der Waals surface area contributed by atoms with Crippen molar-refractivity contribution in [2.45, 2.75) is 32.2 Å². The third kappa shape index (κ3) is 2.29. The maximum absolute atomic E-state index is 12.2. The Bertz CT molecular complexity index is 749. The number of carboxylic acid groups (broad SMARTS) is 1. The van der Waals surface area contributed by atoms with Crippen LogP contribution in [0.1, 0.15) is 25.3 Å². The van der Waals surface area contributed by atoms with Gasteiger partial charge in [-0.2, -0.15) is 0 Å². The molecule has 3 rings (SSSR count). The molecule has 0 aromatic carbocycles. The Kier molecular flexibility index (Phi) is 3.81. The van der Waals surface area contributed by atoms with Gasteiger partial charge < -0.3 is 14.7 Å². The third-order valence-electron chi connectivity index (χ3n) is 3.94. The molecule has 0 bridgehead atoms. The summed E-state index contributed by atoms with van der Waals surface area (Å²) in [5.41, 5.74) is 1.07. The maximum atomic E-state index is 12.2. The van der Waals surface area contributed by atoms with Crippen LogP contribution in [0, 0.1) is 12.8 Å². The second-order valence-corrected chi connectivity index (χ2v) is 6.62. The average molecular weight is 336 g/mol. The summed E-state index contributed by atoms with van der Waals surface area (Å²) in [6.45, 7) is 5.06. The van der Waals surface area contributed by atoms with E-state index in [9.17, 15) is 19.8 Å². The summed E-state index contributed by atoms with van der Waals surface area (Å²) in [6, 6.07) is 1.71. The topological polar surface area (TPSA) is 104 Å². The normalized spacial score (nSPS) is 25.5. The Morgan fingerprint density at radius 1 is 1.57 bits per heavy atom. The van der Waals surface area contributed by atoms with E-state index >= 15 is 0 Å². The molecule has 3 atom stereocenters. The van der Waals surface area contributed by atoms with E-state index in [1.807, 2.05) is 0 Å². The predicted molar refractivity (Wildman–Crippen MR) is 82.9 cm³/mol. The zero-order valence-electron chi connectivity index (χ0n) is 12.8. The van der Waals surface area contributed by atoms with Crippen LogP contribution in [0.3, 0.4) is 0 Å². The van der Waals surface area contributed by atoms with Gasteiger partial charge in [-0.05, 0) is 20.8 Å². The number of hydrogen-bond acceptors (Lipinski definition) is 6. The largest absolute Gasteiger partial charge is 0.477 e. The second kappa shape index (κ2) is 5.54. The van der Waals surface area contributed by atoms with E-state index in [4.69, 9.17) is 4.52 Å². The van der Waals surface area contributed by atoms with Crippen molar-refractivity contribution in [3.05, 3.63) is 34.2 Å². The van der Waals surface area contributed by atoms with Gasteiger partial charge in [0, 0.05) is 16.5 Å². The van der Waals surface area contributed by atoms with Crippen LogP contribution in [0.15, 0.2) is 27.3 Å². The summed E-state index contributed by atoms with van der Waals surface area (Å²) in [5.74, 6) is -1.52. The molecular weight excluding hydrogens is 320 g/mol. The van der Waals surface area contributed by atoms with Gasteiger partial charge in [0.25, 0.3) is 0 Å². The molecule has 7 nitrogen and oxygen atoms in total. The van der Waals surface area contributed by atoms with Gasteiger partial charge in [0.2, 0.25) is 5.91 Å². The molecule has 1 aromatic heterocycles. The number of allylic oxidation sites excluding steroid dienone is 2. The first kappa shape index (κ1) is 15.8. The number of aliphatic hydroxyl groups is 1. The number of aromatic nitrogens is 1. The molecule has 1 amide bonds. The number of carbonyl (C=O) groups excluding carboxylic acids is 1. The van der Waals surface area contributed by atoms with E-state index in [1.165, 1.54) is 23.6 Å². The van der Waals surface area contributed by atoms with E-state index in [-0.39, 0.29) is 11.6 Å². The highest BCUT2D eigenvalue weighted by Crippen LogP contribution is 2.53. The summed E-state index contributed by atoms with van der Waals surface area (Å²) in [4.78, 5) is 25.6. The number of fused-ring (bicyclic) bond motifs is 1. The molecular formula is C15H16N2O5S. The summed E-state index contributed by atoms with van der Waals surface area (Å²) in [6.07, 6.45) is 0.921. The van der Waals surface area contributed by atoms with E-state index in [1.54, 1.807) is 26.0 Å². The van der Waals surface area contributed by atoms with Gasteiger partial charge in [0.15, 0.2) is 0 Å². The van der Waals surface area contributed by atoms with Crippen molar-refractivity contribution in [2.24, 2.45) is 5.92 Å². The lowest BCUT2D eigenvalue weighted by Gasteiger charge is -2.43. The SMILES string of the molecule is C/C=C(\C1=C(C(=O)O)N2C(=O)[C@H](C(C)O)[C@H]2S1)c1cc(C)on1. The van der Waals surface area contributed by atoms with Crippen molar-refractivity contribution in [1.29, 1.82) is 0 Å². The minimum atomic E-state index is -1.17. The molecule has 0 aliphatic carbocycles. The first-order chi connectivity index (χ1) is 10.9. The number of carbonyl (C=O) groups is 2. The van der Waals surface area contributed by atoms with Crippen molar-refractivity contribution in [3.8, 4) is 0 Å². The van der Waals surface area contributed by atoms with Gasteiger partial charge in [-0.25, -0.2) is 4.79 Å². The van der Waals surface area contributed by atoms with Crippen molar-refractivity contribution in [3.63, 3.8) is 0 Å². The van der Waals surface area contributed by atoms with Crippen LogP contribution < -0.4 is 0 Å². The van der Waals surface area contributed by atoms with Crippen molar-refractivity contribution in [1.82, 2.24) is 10.1 Å². The molecule has 1 aromatic rings. The second-order valence-electron chi connectivity index (χ2n) is 5.49. The molecule has 23 heavy (non-hydrogen) atoms. The smallest absolute Gasteiger partial charge is 0.353 e. The number of rotatable bonds is 4. The van der Waals surface area contributed by atoms with Crippen molar-refractivity contribution < 1.29 is 24.3 Å². The minimum absolute atomic E-state index is 0.0596. The van der Waals surface area contributed by atoms with Crippen LogP contribution in [-0.2, 0) is 9.59 Å². The summed E-state index contributed by atoms with van der Waals surface area (Å²) in [5, 5.41) is 22.8. The minimum Gasteiger partial charge on any atom is -0.477 e. The number of aliphatic carboxylic acids is 1. The lowest BCUT2D eigenvalue weighted by molar-refractivity contribution is -0.156. The number of β-lactam (4-membered cyclic amide) rings is 1. The molecule has 1 fully saturated rings. The van der Waals surface area contributed by atoms with E-state index < -0.39 is 23.4 Å². The molecule has 2 aliphatic rings. The molecule has 3 heterocycles. The average Bonchev–Trinajstić information content (AvgIpc) is 3.02. The highest BCUT2D eigenvalue weighted by atomic mass is 32.2. The van der Waals surface area contributed by atoms with Gasteiger partial charge in [0.1, 0.15) is 22.5 Å². The van der Waals surface area contributed by atoms with Crippen LogP contribution in [0.25, 0.3) is 5.57 Å². The van der Waals surface area contributed by atoms with Gasteiger partial charge in [-0.1, -0.05) is 23.0 Å². The Morgan fingerprint density at radius 2 is 2.26 bits per heavy atom. The number of aliphatic hydroxyl groups excluding tert-OH is 1. The molecule has 1 unspecified atom stereocenters. The van der Waals surface area contributed by atoms with Crippen LogP contribution in [0.5, 0.6) is 0 Å². The summed E-state index contributed by atoms with van der Waals surface area (Å²) < 4.78 is 5.06. The molecule has 2 aliphatic heterocycles. The molecule has 1 saturated heterocycles. The number of aryl methyl sites for hydroxylation is 1. The fraction of sp³-hybridized carbons (Fsp3) is 0.400. The van der Waals surface area contributed by atoms with Gasteiger partial charge >= 0.3 is 5.97 Å². The Hall–Kier alpha value is -2.06. The van der Waals surface area contributed by atoms with Crippen LogP contribution in [0.4, 0.5) is 0 Å². The molecule has 0 radical (unpaired) electrons. The van der Waals surface area contributed by atoms with Crippen LogP contribution in [0.2, 0.25) is 0 Å². The van der Waals surface area contributed by atoms with Gasteiger partial charge in [-0.3, -0.25) is 9.69 Å². The van der Waals surface area contributed by atoms with Crippen molar-refractivity contribution in [2.75, 3.05) is 0 Å². The number of thioether (sulfide) groups is 1. The number of nitrogens with zero attached hydrogens (tertiary/aromatic N) is 2. The lowest BCUT2D eigenvalue weighted by atomic mass is 9.92. The maximum Gasteiger partial charge on any atom is 0.353 e. The summed E-state index contributed by atoms with van der Waals surface area (Å²) in [7, 11) is 0. The third-order valence-corrected chi connectivity index (χ3v) is 5.33. The fourth-order valence-electron chi connectivity index (χ4n) is 2.86. The van der Waals surface area contributed by atoms with E-state index in [0.29, 0.717) is 21.9 Å². The van der Waals surface area contributed by atoms with Crippen molar-refractivity contribution >= 4 is 29.2 Å². The lowest BCUT2D eigenvalue weighted by Crippen LogP contribution is -2.60. The standard InChI is InChI=1S/C15H16N2O5S/c1-4-8(9-5-6(2)22-16-9)12-11(15(20)21)17-13(19)10(7(3)18)14(17)23-12/h4-5,7,10,14,18H,1-3H3,(H,20,21)/b8-4-/t7?,10-,14+/m0/s1. The highest BCUT2D eigenvalue weighted by molar-refractivity contribution is 8.04. The molecule has 0 saturated carbocycles. The predicted octanol–water partition coefficient (Wildman–Crippen LogP) is 1.59. The van der Waals surface area contributed by atoms with E-state index in [2.05, 4.69) is 5.16 Å². The zero-order valence-corrected chi connectivity index (χ0v) is 13.6. The Balaban J connectivity index is 2.04. The molecule has 2 N–H and O–H groups in total. The molecule has 122 valence electrons. The van der Waals surface area contributed by atoms with Gasteiger partial charge in [0.05, 0.1) is 12.0 Å². The zero-order chi connectivity index (χ0) is 16.9. The fourth-order valence-corrected chi connectivity index (χ4v) is 4.55. The molecule has 0 spiro atoms. The Labute approximate surface area is 136 Å². The van der Waals surface area contributed by atoms with Gasteiger partial charge in [-0.15, -0.1) is 0 Å². The molecule has 8 heteroatoms. The highest BCUT2D eigenvalue weighted by Gasteiger charge is 2.58. The monoisotopic (exact) mass is 336 g/mol.